The van der Waals surface area contributed by atoms with Gasteiger partial charge in [0.05, 0.1) is 6.61 Å². The van der Waals surface area contributed by atoms with Gasteiger partial charge in [-0.3, -0.25) is 0 Å². The first-order chi connectivity index (χ1) is 7.83. The van der Waals surface area contributed by atoms with Crippen LogP contribution in [0.15, 0.2) is 54.7 Å². The summed E-state index contributed by atoms with van der Waals surface area (Å²) in [7, 11) is 0. The maximum absolute atomic E-state index is 9.98. The standard InChI is InChI=1S/C14H14O2/c15-10-12-8-5-9-13(14(12)16)11-6-3-1-2-4-7-11/h1-9,11,15-16H,10H2. The van der Waals surface area contributed by atoms with Gasteiger partial charge in [0.2, 0.25) is 0 Å². The average Bonchev–Trinajstić information content (AvgIpc) is 2.58. The van der Waals surface area contributed by atoms with Crippen molar-refractivity contribution in [3.05, 3.63) is 65.8 Å². The molecule has 2 nitrogen and oxygen atoms in total. The number of benzene rings is 1. The van der Waals surface area contributed by atoms with Gasteiger partial charge in [0.1, 0.15) is 5.75 Å². The fourth-order valence-electron chi connectivity index (χ4n) is 1.78. The van der Waals surface area contributed by atoms with Crippen molar-refractivity contribution in [2.45, 2.75) is 12.5 Å². The maximum atomic E-state index is 9.98. The normalized spacial score (nSPS) is 15.3. The zero-order valence-corrected chi connectivity index (χ0v) is 8.88. The van der Waals surface area contributed by atoms with Crippen molar-refractivity contribution in [3.8, 4) is 5.75 Å². The molecule has 2 N–H and O–H groups in total. The van der Waals surface area contributed by atoms with Crippen molar-refractivity contribution in [3.63, 3.8) is 0 Å². The van der Waals surface area contributed by atoms with Crippen LogP contribution in [0.25, 0.3) is 0 Å². The zero-order valence-electron chi connectivity index (χ0n) is 8.88. The first kappa shape index (κ1) is 10.7. The summed E-state index contributed by atoms with van der Waals surface area (Å²) in [5, 5.41) is 19.1. The molecule has 0 saturated heterocycles. The predicted octanol–water partition coefficient (Wildman–Crippen LogP) is 2.65. The van der Waals surface area contributed by atoms with Crippen LogP contribution >= 0.6 is 0 Å². The summed E-state index contributed by atoms with van der Waals surface area (Å²) >= 11 is 0. The Morgan fingerprint density at radius 3 is 2.31 bits per heavy atom. The first-order valence-electron chi connectivity index (χ1n) is 5.26. The molecule has 82 valence electrons. The van der Waals surface area contributed by atoms with Crippen LogP contribution in [-0.2, 0) is 6.61 Å². The summed E-state index contributed by atoms with van der Waals surface area (Å²) in [4.78, 5) is 0. The Morgan fingerprint density at radius 1 is 1.00 bits per heavy atom. The third-order valence-electron chi connectivity index (χ3n) is 2.65. The smallest absolute Gasteiger partial charge is 0.125 e. The molecule has 0 amide bonds. The molecule has 0 bridgehead atoms. The summed E-state index contributed by atoms with van der Waals surface area (Å²) in [5.74, 6) is 0.243. The molecule has 1 aliphatic carbocycles. The largest absolute Gasteiger partial charge is 0.507 e. The van der Waals surface area contributed by atoms with Crippen molar-refractivity contribution >= 4 is 0 Å². The number of aliphatic hydroxyl groups excluding tert-OH is 1. The molecule has 0 heterocycles. The minimum atomic E-state index is -0.141. The molecule has 2 rings (SSSR count). The molecule has 0 atom stereocenters. The number of hydrogen-bond donors (Lipinski definition) is 2. The van der Waals surface area contributed by atoms with Crippen LogP contribution in [0, 0.1) is 0 Å². The van der Waals surface area contributed by atoms with Crippen LogP contribution in [0.4, 0.5) is 0 Å². The lowest BCUT2D eigenvalue weighted by molar-refractivity contribution is 0.275. The molecule has 0 aromatic heterocycles. The minimum absolute atomic E-state index is 0.0569. The monoisotopic (exact) mass is 214 g/mol. The summed E-state index contributed by atoms with van der Waals surface area (Å²) in [6.45, 7) is -0.141. The molecular weight excluding hydrogens is 200 g/mol. The van der Waals surface area contributed by atoms with Crippen LogP contribution in [0.1, 0.15) is 17.0 Å². The van der Waals surface area contributed by atoms with Gasteiger partial charge in [0, 0.05) is 17.0 Å². The first-order valence-corrected chi connectivity index (χ1v) is 5.26. The number of rotatable bonds is 2. The quantitative estimate of drug-likeness (QED) is 0.794. The summed E-state index contributed by atoms with van der Waals surface area (Å²) < 4.78 is 0. The molecule has 0 aliphatic heterocycles. The van der Waals surface area contributed by atoms with E-state index < -0.39 is 0 Å². The molecule has 16 heavy (non-hydrogen) atoms. The fraction of sp³-hybridized carbons (Fsp3) is 0.143. The van der Waals surface area contributed by atoms with Crippen molar-refractivity contribution in [1.29, 1.82) is 0 Å². The third-order valence-corrected chi connectivity index (χ3v) is 2.65. The Balaban J connectivity index is 2.40. The van der Waals surface area contributed by atoms with Crippen LogP contribution < -0.4 is 0 Å². The highest BCUT2D eigenvalue weighted by Crippen LogP contribution is 2.31. The van der Waals surface area contributed by atoms with Crippen molar-refractivity contribution in [2.75, 3.05) is 0 Å². The summed E-state index contributed by atoms with van der Waals surface area (Å²) in [5.41, 5.74) is 1.39. The highest BCUT2D eigenvalue weighted by Gasteiger charge is 2.12. The Hall–Kier alpha value is -1.80. The van der Waals surface area contributed by atoms with E-state index in [9.17, 15) is 5.11 Å². The van der Waals surface area contributed by atoms with Gasteiger partial charge in [-0.2, -0.15) is 0 Å². The Bertz CT molecular complexity index is 440. The number of aliphatic hydroxyl groups is 1. The second-order valence-electron chi connectivity index (χ2n) is 3.69. The molecule has 2 heteroatoms. The molecule has 1 aromatic rings. The van der Waals surface area contributed by atoms with E-state index in [0.29, 0.717) is 5.56 Å². The SMILES string of the molecule is OCc1cccc(C2C=CC=CC=C2)c1O. The topological polar surface area (TPSA) is 40.5 Å². The van der Waals surface area contributed by atoms with Gasteiger partial charge in [-0.25, -0.2) is 0 Å². The van der Waals surface area contributed by atoms with Gasteiger partial charge in [0.25, 0.3) is 0 Å². The maximum Gasteiger partial charge on any atom is 0.125 e. The Labute approximate surface area is 94.9 Å². The second kappa shape index (κ2) is 4.81. The zero-order chi connectivity index (χ0) is 11.4. The van der Waals surface area contributed by atoms with E-state index in [1.165, 1.54) is 0 Å². The van der Waals surface area contributed by atoms with Gasteiger partial charge >= 0.3 is 0 Å². The Morgan fingerprint density at radius 2 is 1.69 bits per heavy atom. The van der Waals surface area contributed by atoms with Gasteiger partial charge < -0.3 is 10.2 Å². The van der Waals surface area contributed by atoms with Gasteiger partial charge in [-0.05, 0) is 0 Å². The molecule has 0 fully saturated rings. The molecule has 0 spiro atoms. The highest BCUT2D eigenvalue weighted by molar-refractivity contribution is 5.46. The third kappa shape index (κ3) is 2.07. The van der Waals surface area contributed by atoms with Crippen molar-refractivity contribution in [1.82, 2.24) is 0 Å². The number of hydrogen-bond acceptors (Lipinski definition) is 2. The van der Waals surface area contributed by atoms with Gasteiger partial charge in [0.15, 0.2) is 0 Å². The lowest BCUT2D eigenvalue weighted by atomic mass is 9.95. The molecule has 0 radical (unpaired) electrons. The number of aromatic hydroxyl groups is 1. The van der Waals surface area contributed by atoms with E-state index in [1.807, 2.05) is 48.6 Å². The number of allylic oxidation sites excluding steroid dienone is 6. The molecule has 1 aromatic carbocycles. The van der Waals surface area contributed by atoms with Crippen LogP contribution in [-0.4, -0.2) is 10.2 Å². The van der Waals surface area contributed by atoms with E-state index in [-0.39, 0.29) is 18.3 Å². The summed E-state index contributed by atoms with van der Waals surface area (Å²) in [6, 6.07) is 5.45. The van der Waals surface area contributed by atoms with Crippen molar-refractivity contribution < 1.29 is 10.2 Å². The predicted molar refractivity (Wildman–Crippen MR) is 64.2 cm³/mol. The average molecular weight is 214 g/mol. The molecular formula is C14H14O2. The number of phenols is 1. The van der Waals surface area contributed by atoms with Crippen LogP contribution in [0.2, 0.25) is 0 Å². The molecule has 1 aliphatic rings. The fourth-order valence-corrected chi connectivity index (χ4v) is 1.78. The van der Waals surface area contributed by atoms with Gasteiger partial charge in [-0.15, -0.1) is 0 Å². The van der Waals surface area contributed by atoms with Crippen LogP contribution in [0.5, 0.6) is 5.75 Å². The summed E-state index contributed by atoms with van der Waals surface area (Å²) in [6.07, 6.45) is 11.8. The van der Waals surface area contributed by atoms with E-state index in [4.69, 9.17) is 5.11 Å². The van der Waals surface area contributed by atoms with E-state index >= 15 is 0 Å². The second-order valence-corrected chi connectivity index (χ2v) is 3.69. The number of para-hydroxylation sites is 1. The highest BCUT2D eigenvalue weighted by atomic mass is 16.3. The lowest BCUT2D eigenvalue weighted by Crippen LogP contribution is -1.95. The Kier molecular flexibility index (Phi) is 3.22. The van der Waals surface area contributed by atoms with E-state index in [2.05, 4.69) is 0 Å². The van der Waals surface area contributed by atoms with Crippen LogP contribution in [0.3, 0.4) is 0 Å². The lowest BCUT2D eigenvalue weighted by Gasteiger charge is -2.12. The van der Waals surface area contributed by atoms with E-state index in [0.717, 1.165) is 5.56 Å². The molecule has 0 saturated carbocycles. The minimum Gasteiger partial charge on any atom is -0.507 e. The molecule has 0 unspecified atom stereocenters. The van der Waals surface area contributed by atoms with Gasteiger partial charge in [-0.1, -0.05) is 54.7 Å². The van der Waals surface area contributed by atoms with Crippen molar-refractivity contribution in [2.24, 2.45) is 0 Å². The van der Waals surface area contributed by atoms with E-state index in [1.54, 1.807) is 6.07 Å².